The average molecular weight is 168 g/mol. The molecule has 0 saturated carbocycles. The largest absolute Gasteiger partial charge is 0.319 e. The maximum atomic E-state index is 4.47. The standard InChI is InChI=1S/C6H8N4S/c1-5(7-4-11)6-9-8-3-10(6)2/h3,5H,1-2H3. The van der Waals surface area contributed by atoms with E-state index in [1.165, 1.54) is 0 Å². The molecule has 0 aliphatic carbocycles. The van der Waals surface area contributed by atoms with Crippen molar-refractivity contribution in [3.8, 4) is 0 Å². The zero-order chi connectivity index (χ0) is 8.27. The summed E-state index contributed by atoms with van der Waals surface area (Å²) < 4.78 is 1.81. The summed E-state index contributed by atoms with van der Waals surface area (Å²) in [6.45, 7) is 1.89. The molecule has 5 heteroatoms. The van der Waals surface area contributed by atoms with Gasteiger partial charge < -0.3 is 4.57 Å². The Morgan fingerprint density at radius 1 is 1.82 bits per heavy atom. The first-order chi connectivity index (χ1) is 5.25. The number of hydrogen-bond acceptors (Lipinski definition) is 4. The van der Waals surface area contributed by atoms with Gasteiger partial charge in [-0.25, -0.2) is 4.99 Å². The summed E-state index contributed by atoms with van der Waals surface area (Å²) in [5.74, 6) is 0.794. The van der Waals surface area contributed by atoms with Gasteiger partial charge in [-0.2, -0.15) is 0 Å². The smallest absolute Gasteiger partial charge is 0.157 e. The van der Waals surface area contributed by atoms with Gasteiger partial charge in [-0.1, -0.05) is 0 Å². The van der Waals surface area contributed by atoms with Crippen LogP contribution >= 0.6 is 12.2 Å². The van der Waals surface area contributed by atoms with E-state index >= 15 is 0 Å². The van der Waals surface area contributed by atoms with Crippen LogP contribution in [0.3, 0.4) is 0 Å². The van der Waals surface area contributed by atoms with Crippen molar-refractivity contribution in [3.63, 3.8) is 0 Å². The molecular formula is C6H8N4S. The van der Waals surface area contributed by atoms with Crippen LogP contribution in [0.5, 0.6) is 0 Å². The number of aromatic nitrogens is 3. The summed E-state index contributed by atoms with van der Waals surface area (Å²) in [5, 5.41) is 9.89. The first-order valence-corrected chi connectivity index (χ1v) is 3.57. The minimum Gasteiger partial charge on any atom is -0.319 e. The fourth-order valence-electron chi connectivity index (χ4n) is 0.807. The van der Waals surface area contributed by atoms with Gasteiger partial charge in [-0.3, -0.25) is 0 Å². The normalized spacial score (nSPS) is 12.2. The molecule has 1 atom stereocenters. The average Bonchev–Trinajstić information content (AvgIpc) is 2.36. The number of isothiocyanates is 1. The molecule has 1 aromatic rings. The van der Waals surface area contributed by atoms with Crippen molar-refractivity contribution in [1.29, 1.82) is 0 Å². The van der Waals surface area contributed by atoms with Crippen LogP contribution in [-0.4, -0.2) is 19.9 Å². The number of aryl methyl sites for hydroxylation is 1. The van der Waals surface area contributed by atoms with Crippen LogP contribution in [0.1, 0.15) is 18.8 Å². The van der Waals surface area contributed by atoms with E-state index in [9.17, 15) is 0 Å². The molecule has 0 aromatic carbocycles. The molecule has 0 saturated heterocycles. The lowest BCUT2D eigenvalue weighted by Crippen LogP contribution is -1.99. The van der Waals surface area contributed by atoms with Crippen molar-refractivity contribution in [2.24, 2.45) is 12.0 Å². The Kier molecular flexibility index (Phi) is 2.46. The van der Waals surface area contributed by atoms with Crippen LogP contribution in [0, 0.1) is 0 Å². The van der Waals surface area contributed by atoms with Crippen molar-refractivity contribution >= 4 is 17.4 Å². The molecule has 0 amide bonds. The highest BCUT2D eigenvalue weighted by molar-refractivity contribution is 7.78. The Balaban J connectivity index is 2.92. The Morgan fingerprint density at radius 3 is 3.00 bits per heavy atom. The predicted molar refractivity (Wildman–Crippen MR) is 44.4 cm³/mol. The molecule has 0 N–H and O–H groups in total. The van der Waals surface area contributed by atoms with Gasteiger partial charge in [0.2, 0.25) is 0 Å². The molecule has 1 unspecified atom stereocenters. The van der Waals surface area contributed by atoms with Gasteiger partial charge in [0.25, 0.3) is 0 Å². The van der Waals surface area contributed by atoms with Gasteiger partial charge >= 0.3 is 0 Å². The third-order valence-electron chi connectivity index (χ3n) is 1.37. The van der Waals surface area contributed by atoms with E-state index in [1.807, 2.05) is 14.0 Å². The third-order valence-corrected chi connectivity index (χ3v) is 1.47. The van der Waals surface area contributed by atoms with E-state index in [0.717, 1.165) is 5.82 Å². The molecule has 4 nitrogen and oxygen atoms in total. The van der Waals surface area contributed by atoms with Crippen molar-refractivity contribution in [2.75, 3.05) is 0 Å². The SMILES string of the molecule is CC(N=C=S)c1nncn1C. The van der Waals surface area contributed by atoms with Gasteiger partial charge in [-0.15, -0.1) is 10.2 Å². The van der Waals surface area contributed by atoms with E-state index in [4.69, 9.17) is 0 Å². The molecule has 0 radical (unpaired) electrons. The maximum absolute atomic E-state index is 4.47. The molecular weight excluding hydrogens is 160 g/mol. The van der Waals surface area contributed by atoms with E-state index in [1.54, 1.807) is 10.9 Å². The Hall–Kier alpha value is -1.06. The molecule has 11 heavy (non-hydrogen) atoms. The van der Waals surface area contributed by atoms with Gasteiger partial charge in [0.15, 0.2) is 5.82 Å². The first kappa shape index (κ1) is 8.04. The Morgan fingerprint density at radius 2 is 2.55 bits per heavy atom. The number of aliphatic imine (C=N–C) groups is 1. The van der Waals surface area contributed by atoms with Crippen LogP contribution in [0.4, 0.5) is 0 Å². The molecule has 1 rings (SSSR count). The van der Waals surface area contributed by atoms with Crippen LogP contribution in [0.2, 0.25) is 0 Å². The second-order valence-corrected chi connectivity index (χ2v) is 2.38. The summed E-state index contributed by atoms with van der Waals surface area (Å²) in [7, 11) is 1.87. The highest BCUT2D eigenvalue weighted by Crippen LogP contribution is 2.10. The van der Waals surface area contributed by atoms with E-state index < -0.39 is 0 Å². The molecule has 0 spiro atoms. The monoisotopic (exact) mass is 168 g/mol. The lowest BCUT2D eigenvalue weighted by molar-refractivity contribution is 0.689. The van der Waals surface area contributed by atoms with Crippen molar-refractivity contribution < 1.29 is 0 Å². The minimum absolute atomic E-state index is 0.0556. The summed E-state index contributed by atoms with van der Waals surface area (Å²) in [4.78, 5) is 3.87. The van der Waals surface area contributed by atoms with Crippen molar-refractivity contribution in [2.45, 2.75) is 13.0 Å². The quantitative estimate of drug-likeness (QED) is 0.488. The Bertz CT molecular complexity index is 287. The second-order valence-electron chi connectivity index (χ2n) is 2.20. The molecule has 0 aliphatic heterocycles. The topological polar surface area (TPSA) is 43.1 Å². The maximum Gasteiger partial charge on any atom is 0.157 e. The Labute approximate surface area is 70.0 Å². The molecule has 1 aromatic heterocycles. The highest BCUT2D eigenvalue weighted by atomic mass is 32.1. The molecule has 58 valence electrons. The number of nitrogens with zero attached hydrogens (tertiary/aromatic N) is 4. The minimum atomic E-state index is -0.0556. The zero-order valence-corrected chi connectivity index (χ0v) is 7.17. The predicted octanol–water partition coefficient (Wildman–Crippen LogP) is 0.979. The molecule has 1 heterocycles. The van der Waals surface area contributed by atoms with E-state index in [2.05, 4.69) is 32.6 Å². The van der Waals surface area contributed by atoms with E-state index in [-0.39, 0.29) is 6.04 Å². The number of hydrogen-bond donors (Lipinski definition) is 0. The summed E-state index contributed by atoms with van der Waals surface area (Å²) >= 11 is 4.47. The third kappa shape index (κ3) is 1.69. The zero-order valence-electron chi connectivity index (χ0n) is 6.35. The molecule has 0 aliphatic rings. The van der Waals surface area contributed by atoms with Crippen LogP contribution < -0.4 is 0 Å². The van der Waals surface area contributed by atoms with Crippen LogP contribution in [-0.2, 0) is 7.05 Å². The first-order valence-electron chi connectivity index (χ1n) is 3.16. The van der Waals surface area contributed by atoms with Gasteiger partial charge in [-0.05, 0) is 19.1 Å². The van der Waals surface area contributed by atoms with Crippen molar-refractivity contribution in [1.82, 2.24) is 14.8 Å². The fourth-order valence-corrected chi connectivity index (χ4v) is 0.965. The second kappa shape index (κ2) is 3.37. The van der Waals surface area contributed by atoms with E-state index in [0.29, 0.717) is 0 Å². The summed E-state index contributed by atoms with van der Waals surface area (Å²) in [6, 6.07) is -0.0556. The lowest BCUT2D eigenvalue weighted by atomic mass is 10.3. The number of thiocarbonyl (C=S) groups is 1. The number of rotatable bonds is 2. The van der Waals surface area contributed by atoms with Crippen molar-refractivity contribution in [3.05, 3.63) is 12.2 Å². The fraction of sp³-hybridized carbons (Fsp3) is 0.500. The van der Waals surface area contributed by atoms with Crippen LogP contribution in [0.15, 0.2) is 11.3 Å². The highest BCUT2D eigenvalue weighted by Gasteiger charge is 2.07. The van der Waals surface area contributed by atoms with Gasteiger partial charge in [0.1, 0.15) is 12.4 Å². The molecule has 0 bridgehead atoms. The summed E-state index contributed by atoms with van der Waals surface area (Å²) in [6.07, 6.45) is 1.63. The van der Waals surface area contributed by atoms with Gasteiger partial charge in [0, 0.05) is 7.05 Å². The van der Waals surface area contributed by atoms with Crippen LogP contribution in [0.25, 0.3) is 0 Å². The lowest BCUT2D eigenvalue weighted by Gasteiger charge is -2.01. The van der Waals surface area contributed by atoms with Gasteiger partial charge in [0.05, 0.1) is 5.16 Å². The molecule has 0 fully saturated rings. The summed E-state index contributed by atoms with van der Waals surface area (Å²) in [5.41, 5.74) is 0.